The third-order valence-corrected chi connectivity index (χ3v) is 5.16. The van der Waals surface area contributed by atoms with E-state index in [2.05, 4.69) is 42.5 Å². The molecule has 0 aliphatic heterocycles. The van der Waals surface area contributed by atoms with Crippen LogP contribution in [0.25, 0.3) is 0 Å². The SMILES string of the molecule is CC(=O)Nc1ccc(Br)c2c1C(=O)c1c(NC(C)=O)ccc(Br)c1C2=O. The predicted molar refractivity (Wildman–Crippen MR) is 104 cm³/mol. The molecule has 0 heterocycles. The van der Waals surface area contributed by atoms with Crippen molar-refractivity contribution in [3.05, 3.63) is 55.5 Å². The Morgan fingerprint density at radius 2 is 1.04 bits per heavy atom. The van der Waals surface area contributed by atoms with E-state index in [0.29, 0.717) is 8.95 Å². The van der Waals surface area contributed by atoms with Gasteiger partial charge in [0.15, 0.2) is 11.6 Å². The second kappa shape index (κ2) is 6.77. The van der Waals surface area contributed by atoms with Gasteiger partial charge in [-0.3, -0.25) is 19.2 Å². The highest BCUT2D eigenvalue weighted by Gasteiger charge is 2.37. The summed E-state index contributed by atoms with van der Waals surface area (Å²) in [4.78, 5) is 49.4. The van der Waals surface area contributed by atoms with Crippen LogP contribution in [-0.2, 0) is 9.59 Å². The van der Waals surface area contributed by atoms with Gasteiger partial charge in [0.25, 0.3) is 0 Å². The van der Waals surface area contributed by atoms with E-state index in [1.165, 1.54) is 13.8 Å². The second-order valence-electron chi connectivity index (χ2n) is 5.71. The summed E-state index contributed by atoms with van der Waals surface area (Å²) in [6.45, 7) is 2.63. The zero-order valence-electron chi connectivity index (χ0n) is 13.7. The number of carbonyl (C=O) groups excluding carboxylic acids is 4. The Kier molecular flexibility index (Phi) is 4.81. The molecule has 2 N–H and O–H groups in total. The summed E-state index contributed by atoms with van der Waals surface area (Å²) in [6, 6.07) is 6.31. The van der Waals surface area contributed by atoms with Crippen molar-refractivity contribution in [2.45, 2.75) is 13.8 Å². The Bertz CT molecular complexity index is 937. The molecule has 1 aliphatic rings. The molecule has 0 atom stereocenters. The van der Waals surface area contributed by atoms with E-state index in [4.69, 9.17) is 0 Å². The third-order valence-electron chi connectivity index (χ3n) is 3.84. The first-order chi connectivity index (χ1) is 12.2. The number of fused-ring (bicyclic) bond motifs is 2. The molecule has 0 saturated carbocycles. The molecule has 2 aromatic rings. The first-order valence-corrected chi connectivity index (χ1v) is 9.10. The quantitative estimate of drug-likeness (QED) is 0.582. The minimum atomic E-state index is -0.454. The summed E-state index contributed by atoms with van der Waals surface area (Å²) in [6.07, 6.45) is 0. The van der Waals surface area contributed by atoms with Crippen LogP contribution in [0, 0.1) is 0 Å². The first-order valence-electron chi connectivity index (χ1n) is 7.52. The van der Waals surface area contributed by atoms with Crippen LogP contribution in [0.2, 0.25) is 0 Å². The zero-order valence-corrected chi connectivity index (χ0v) is 16.9. The van der Waals surface area contributed by atoms with Gasteiger partial charge in [0.1, 0.15) is 0 Å². The molecule has 0 unspecified atom stereocenters. The van der Waals surface area contributed by atoms with Crippen molar-refractivity contribution in [1.82, 2.24) is 0 Å². The standard InChI is InChI=1S/C18H12Br2N2O4/c1-7(23)21-11-5-3-9(19)13-15(11)18(26)16-12(22-8(2)24)6-4-10(20)14(16)17(13)25/h3-6H,1-2H3,(H,21,23)(H,22,24). The third kappa shape index (κ3) is 2.99. The number of carbonyl (C=O) groups is 4. The molecular formula is C18H12Br2N2O4. The van der Waals surface area contributed by atoms with Gasteiger partial charge in [0.05, 0.1) is 33.6 Å². The topological polar surface area (TPSA) is 92.3 Å². The molecule has 0 bridgehead atoms. The summed E-state index contributed by atoms with van der Waals surface area (Å²) in [5.74, 6) is -1.56. The van der Waals surface area contributed by atoms with E-state index in [1.807, 2.05) is 0 Å². The molecule has 26 heavy (non-hydrogen) atoms. The van der Waals surface area contributed by atoms with E-state index in [0.717, 1.165) is 0 Å². The molecule has 132 valence electrons. The minimum Gasteiger partial charge on any atom is -0.326 e. The van der Waals surface area contributed by atoms with Gasteiger partial charge in [0, 0.05) is 22.8 Å². The van der Waals surface area contributed by atoms with E-state index < -0.39 is 5.78 Å². The highest BCUT2D eigenvalue weighted by Crippen LogP contribution is 2.41. The lowest BCUT2D eigenvalue weighted by Gasteiger charge is -2.24. The Morgan fingerprint density at radius 1 is 0.692 bits per heavy atom. The number of amides is 2. The average molecular weight is 480 g/mol. The van der Waals surface area contributed by atoms with Crippen LogP contribution in [0.5, 0.6) is 0 Å². The lowest BCUT2D eigenvalue weighted by molar-refractivity contribution is -0.115. The molecule has 8 heteroatoms. The van der Waals surface area contributed by atoms with E-state index in [-0.39, 0.29) is 51.2 Å². The van der Waals surface area contributed by atoms with Crippen molar-refractivity contribution >= 4 is 66.6 Å². The van der Waals surface area contributed by atoms with Crippen LogP contribution >= 0.6 is 31.9 Å². The number of hydrogen-bond acceptors (Lipinski definition) is 4. The van der Waals surface area contributed by atoms with Crippen molar-refractivity contribution in [2.24, 2.45) is 0 Å². The molecule has 0 fully saturated rings. The molecular weight excluding hydrogens is 468 g/mol. The van der Waals surface area contributed by atoms with Gasteiger partial charge in [-0.15, -0.1) is 0 Å². The van der Waals surface area contributed by atoms with Crippen molar-refractivity contribution in [2.75, 3.05) is 10.6 Å². The number of halogens is 2. The van der Waals surface area contributed by atoms with Gasteiger partial charge in [-0.25, -0.2) is 0 Å². The van der Waals surface area contributed by atoms with Crippen LogP contribution in [0.4, 0.5) is 11.4 Å². The normalized spacial score (nSPS) is 12.3. The molecule has 6 nitrogen and oxygen atoms in total. The first kappa shape index (κ1) is 18.5. The summed E-state index contributed by atoms with van der Waals surface area (Å²) in [7, 11) is 0. The minimum absolute atomic E-state index is 0.0942. The Labute approximate surface area is 165 Å². The Hall–Kier alpha value is -2.32. The number of hydrogen-bond donors (Lipinski definition) is 2. The number of anilines is 2. The second-order valence-corrected chi connectivity index (χ2v) is 7.42. The van der Waals surface area contributed by atoms with Crippen molar-refractivity contribution in [3.8, 4) is 0 Å². The van der Waals surface area contributed by atoms with Crippen LogP contribution < -0.4 is 10.6 Å². The van der Waals surface area contributed by atoms with Gasteiger partial charge in [-0.1, -0.05) is 31.9 Å². The van der Waals surface area contributed by atoms with Gasteiger partial charge in [-0.05, 0) is 24.3 Å². The van der Waals surface area contributed by atoms with Crippen LogP contribution in [0.1, 0.15) is 45.7 Å². The number of rotatable bonds is 2. The monoisotopic (exact) mass is 478 g/mol. The van der Waals surface area contributed by atoms with Crippen molar-refractivity contribution in [3.63, 3.8) is 0 Å². The zero-order chi connectivity index (χ0) is 19.2. The van der Waals surface area contributed by atoms with Crippen molar-refractivity contribution < 1.29 is 19.2 Å². The van der Waals surface area contributed by atoms with Crippen LogP contribution in [-0.4, -0.2) is 23.4 Å². The van der Waals surface area contributed by atoms with Crippen LogP contribution in [0.15, 0.2) is 33.2 Å². The summed E-state index contributed by atoms with van der Waals surface area (Å²) in [5.41, 5.74) is 1.03. The molecule has 3 rings (SSSR count). The van der Waals surface area contributed by atoms with Gasteiger partial charge in [-0.2, -0.15) is 0 Å². The molecule has 0 radical (unpaired) electrons. The molecule has 2 amide bonds. The van der Waals surface area contributed by atoms with E-state index >= 15 is 0 Å². The largest absolute Gasteiger partial charge is 0.326 e. The highest BCUT2D eigenvalue weighted by molar-refractivity contribution is 9.11. The van der Waals surface area contributed by atoms with Gasteiger partial charge in [0.2, 0.25) is 11.8 Å². The highest BCUT2D eigenvalue weighted by atomic mass is 79.9. The fourth-order valence-electron chi connectivity index (χ4n) is 2.91. The maximum absolute atomic E-state index is 13.3. The number of nitrogens with one attached hydrogen (secondary N) is 2. The summed E-state index contributed by atoms with van der Waals surface area (Å²) < 4.78 is 0.893. The molecule has 2 aromatic carbocycles. The van der Waals surface area contributed by atoms with E-state index in [1.54, 1.807) is 24.3 Å². The molecule has 0 spiro atoms. The summed E-state index contributed by atoms with van der Waals surface area (Å²) in [5, 5.41) is 5.17. The predicted octanol–water partition coefficient (Wildman–Crippen LogP) is 3.90. The lowest BCUT2D eigenvalue weighted by Crippen LogP contribution is -2.26. The Morgan fingerprint density at radius 3 is 1.38 bits per heavy atom. The van der Waals surface area contributed by atoms with E-state index in [9.17, 15) is 19.2 Å². The van der Waals surface area contributed by atoms with Crippen LogP contribution in [0.3, 0.4) is 0 Å². The fourth-order valence-corrected chi connectivity index (χ4v) is 3.93. The summed E-state index contributed by atoms with van der Waals surface area (Å²) >= 11 is 6.63. The lowest BCUT2D eigenvalue weighted by atomic mass is 9.82. The average Bonchev–Trinajstić information content (AvgIpc) is 2.54. The fraction of sp³-hybridized carbons (Fsp3) is 0.111. The van der Waals surface area contributed by atoms with Crippen molar-refractivity contribution in [1.29, 1.82) is 0 Å². The smallest absolute Gasteiger partial charge is 0.221 e. The molecule has 1 aliphatic carbocycles. The molecule has 0 saturated heterocycles. The maximum Gasteiger partial charge on any atom is 0.221 e. The number of ketones is 2. The Balaban J connectivity index is 2.34. The maximum atomic E-state index is 13.3. The van der Waals surface area contributed by atoms with Gasteiger partial charge >= 0.3 is 0 Å². The van der Waals surface area contributed by atoms with Gasteiger partial charge < -0.3 is 10.6 Å². The number of benzene rings is 2. The molecule has 0 aromatic heterocycles.